The van der Waals surface area contributed by atoms with Crippen molar-refractivity contribution in [2.24, 2.45) is 0 Å². The number of hydrogen-bond acceptors (Lipinski definition) is 5. The maximum absolute atomic E-state index is 12.4. The van der Waals surface area contributed by atoms with Crippen LogP contribution in [0.3, 0.4) is 0 Å². The highest BCUT2D eigenvalue weighted by Gasteiger charge is 2.30. The van der Waals surface area contributed by atoms with Gasteiger partial charge in [-0.1, -0.05) is 6.92 Å². The van der Waals surface area contributed by atoms with Gasteiger partial charge in [0.05, 0.1) is 0 Å². The number of nitrogens with zero attached hydrogens (tertiary/aromatic N) is 2. The van der Waals surface area contributed by atoms with Crippen molar-refractivity contribution < 1.29 is 8.42 Å². The molecule has 2 rings (SSSR count). The summed E-state index contributed by atoms with van der Waals surface area (Å²) in [5, 5.41) is 1.67. The third kappa shape index (κ3) is 3.10. The number of piperazine rings is 1. The Morgan fingerprint density at radius 3 is 2.47 bits per heavy atom. The minimum absolute atomic E-state index is 0.349. The van der Waals surface area contributed by atoms with Gasteiger partial charge in [0.25, 0.3) is 10.0 Å². The summed E-state index contributed by atoms with van der Waals surface area (Å²) in [6.45, 7) is 7.06. The van der Waals surface area contributed by atoms with Crippen LogP contribution in [0.25, 0.3) is 0 Å². The van der Waals surface area contributed by atoms with Gasteiger partial charge in [-0.25, -0.2) is 8.42 Å². The maximum atomic E-state index is 12.4. The van der Waals surface area contributed by atoms with E-state index in [9.17, 15) is 8.42 Å². The van der Waals surface area contributed by atoms with Gasteiger partial charge in [0.2, 0.25) is 0 Å². The number of rotatable bonds is 4. The Hall–Kier alpha value is -0.630. The minimum Gasteiger partial charge on any atom is -0.398 e. The second-order valence-electron chi connectivity index (χ2n) is 4.90. The van der Waals surface area contributed by atoms with Crippen molar-refractivity contribution in [2.45, 2.75) is 30.5 Å². The summed E-state index contributed by atoms with van der Waals surface area (Å²) in [5.41, 5.74) is 6.12. The highest BCUT2D eigenvalue weighted by atomic mass is 32.2. The van der Waals surface area contributed by atoms with Crippen LogP contribution in [-0.4, -0.2) is 49.8 Å². The van der Waals surface area contributed by atoms with Crippen LogP contribution in [0.4, 0.5) is 5.69 Å². The van der Waals surface area contributed by atoms with E-state index in [1.165, 1.54) is 11.3 Å². The standard InChI is InChI=1S/C12H21N3O2S2/c1-3-10(2)14-4-6-15(7-5-14)19(16,17)12-8-11(13)9-18-12/h8-10H,3-7,13H2,1-2H3. The molecular weight excluding hydrogens is 282 g/mol. The van der Waals surface area contributed by atoms with E-state index in [1.54, 1.807) is 15.8 Å². The summed E-state index contributed by atoms with van der Waals surface area (Å²) in [5.74, 6) is 0. The van der Waals surface area contributed by atoms with Crippen molar-refractivity contribution in [3.05, 3.63) is 11.4 Å². The monoisotopic (exact) mass is 303 g/mol. The second-order valence-corrected chi connectivity index (χ2v) is 7.97. The number of sulfonamides is 1. The van der Waals surface area contributed by atoms with E-state index in [0.29, 0.717) is 29.0 Å². The molecule has 1 aliphatic heterocycles. The van der Waals surface area contributed by atoms with Crippen LogP contribution in [0.2, 0.25) is 0 Å². The smallest absolute Gasteiger partial charge is 0.252 e. The number of anilines is 1. The first-order valence-corrected chi connectivity index (χ1v) is 8.85. The lowest BCUT2D eigenvalue weighted by atomic mass is 10.2. The quantitative estimate of drug-likeness (QED) is 0.914. The van der Waals surface area contributed by atoms with Crippen LogP contribution < -0.4 is 5.73 Å². The van der Waals surface area contributed by atoms with Gasteiger partial charge in [-0.3, -0.25) is 4.90 Å². The lowest BCUT2D eigenvalue weighted by molar-refractivity contribution is 0.143. The Labute approximate surface area is 119 Å². The van der Waals surface area contributed by atoms with Gasteiger partial charge in [-0.15, -0.1) is 11.3 Å². The first-order chi connectivity index (χ1) is 8.95. The summed E-state index contributed by atoms with van der Waals surface area (Å²) in [4.78, 5) is 2.34. The van der Waals surface area contributed by atoms with E-state index in [0.717, 1.165) is 19.5 Å². The molecule has 1 fully saturated rings. The summed E-state index contributed by atoms with van der Waals surface area (Å²) >= 11 is 1.19. The van der Waals surface area contributed by atoms with E-state index >= 15 is 0 Å². The number of nitrogen functional groups attached to an aromatic ring is 1. The van der Waals surface area contributed by atoms with Gasteiger partial charge in [0.1, 0.15) is 4.21 Å². The van der Waals surface area contributed by atoms with Gasteiger partial charge < -0.3 is 5.73 Å². The third-order valence-corrected chi connectivity index (χ3v) is 7.01. The Bertz CT molecular complexity index is 519. The van der Waals surface area contributed by atoms with Gasteiger partial charge in [0, 0.05) is 43.3 Å². The van der Waals surface area contributed by atoms with Crippen LogP contribution in [0.1, 0.15) is 20.3 Å². The zero-order valence-corrected chi connectivity index (χ0v) is 13.0. The van der Waals surface area contributed by atoms with Crippen molar-refractivity contribution in [3.63, 3.8) is 0 Å². The molecule has 0 radical (unpaired) electrons. The molecule has 1 aliphatic rings. The Morgan fingerprint density at radius 1 is 1.37 bits per heavy atom. The van der Waals surface area contributed by atoms with Gasteiger partial charge >= 0.3 is 0 Å². The molecular formula is C12H21N3O2S2. The van der Waals surface area contributed by atoms with Crippen LogP contribution in [0.15, 0.2) is 15.7 Å². The fourth-order valence-corrected chi connectivity index (χ4v) is 4.89. The van der Waals surface area contributed by atoms with E-state index in [4.69, 9.17) is 5.73 Å². The average molecular weight is 303 g/mol. The molecule has 0 aromatic carbocycles. The molecule has 19 heavy (non-hydrogen) atoms. The van der Waals surface area contributed by atoms with Gasteiger partial charge in [0.15, 0.2) is 0 Å². The van der Waals surface area contributed by atoms with Crippen LogP contribution in [0, 0.1) is 0 Å². The van der Waals surface area contributed by atoms with E-state index < -0.39 is 10.0 Å². The minimum atomic E-state index is -3.35. The molecule has 1 saturated heterocycles. The largest absolute Gasteiger partial charge is 0.398 e. The molecule has 0 amide bonds. The fourth-order valence-electron chi connectivity index (χ4n) is 2.24. The molecule has 7 heteroatoms. The van der Waals surface area contributed by atoms with E-state index in [-0.39, 0.29) is 0 Å². The highest BCUT2D eigenvalue weighted by molar-refractivity contribution is 7.91. The first-order valence-electron chi connectivity index (χ1n) is 6.53. The van der Waals surface area contributed by atoms with Gasteiger partial charge in [-0.2, -0.15) is 4.31 Å². The number of hydrogen-bond donors (Lipinski definition) is 1. The van der Waals surface area contributed by atoms with Crippen molar-refractivity contribution in [1.29, 1.82) is 0 Å². The molecule has 1 aromatic rings. The summed E-state index contributed by atoms with van der Waals surface area (Å²) in [6, 6.07) is 2.06. The number of thiophene rings is 1. The van der Waals surface area contributed by atoms with Gasteiger partial charge in [-0.05, 0) is 19.4 Å². The molecule has 0 saturated carbocycles. The van der Waals surface area contributed by atoms with Crippen LogP contribution in [-0.2, 0) is 10.0 Å². The third-order valence-electron chi connectivity index (χ3n) is 3.68. The van der Waals surface area contributed by atoms with Crippen LogP contribution >= 0.6 is 11.3 Å². The summed E-state index contributed by atoms with van der Waals surface area (Å²) < 4.78 is 26.7. The Kier molecular flexibility index (Phi) is 4.50. The van der Waals surface area contributed by atoms with Crippen molar-refractivity contribution in [2.75, 3.05) is 31.9 Å². The second kappa shape index (κ2) is 5.78. The molecule has 5 nitrogen and oxygen atoms in total. The molecule has 1 aromatic heterocycles. The number of nitrogens with two attached hydrogens (primary N) is 1. The highest BCUT2D eigenvalue weighted by Crippen LogP contribution is 2.26. The Balaban J connectivity index is 2.05. The first kappa shape index (κ1) is 14.8. The molecule has 108 valence electrons. The molecule has 2 N–H and O–H groups in total. The molecule has 0 bridgehead atoms. The predicted molar refractivity (Wildman–Crippen MR) is 78.8 cm³/mol. The summed E-state index contributed by atoms with van der Waals surface area (Å²) in [7, 11) is -3.35. The Morgan fingerprint density at radius 2 is 2.00 bits per heavy atom. The van der Waals surface area contributed by atoms with Crippen molar-refractivity contribution >= 4 is 27.0 Å². The van der Waals surface area contributed by atoms with Crippen LogP contribution in [0.5, 0.6) is 0 Å². The molecule has 2 heterocycles. The predicted octanol–water partition coefficient (Wildman–Crippen LogP) is 1.44. The lowest BCUT2D eigenvalue weighted by Gasteiger charge is -2.36. The zero-order chi connectivity index (χ0) is 14.0. The molecule has 0 spiro atoms. The van der Waals surface area contributed by atoms with Crippen molar-refractivity contribution in [3.8, 4) is 0 Å². The van der Waals surface area contributed by atoms with E-state index in [1.807, 2.05) is 0 Å². The van der Waals surface area contributed by atoms with E-state index in [2.05, 4.69) is 18.7 Å². The molecule has 0 aliphatic carbocycles. The molecule has 1 atom stereocenters. The fraction of sp³-hybridized carbons (Fsp3) is 0.667. The SMILES string of the molecule is CCC(C)N1CCN(S(=O)(=O)c2cc(N)cs2)CC1. The maximum Gasteiger partial charge on any atom is 0.252 e. The normalized spacial score (nSPS) is 20.5. The lowest BCUT2D eigenvalue weighted by Crippen LogP contribution is -2.50. The topological polar surface area (TPSA) is 66.6 Å². The van der Waals surface area contributed by atoms with Crippen molar-refractivity contribution in [1.82, 2.24) is 9.21 Å². The molecule has 1 unspecified atom stereocenters. The average Bonchev–Trinajstić information content (AvgIpc) is 2.85. The summed E-state index contributed by atoms with van der Waals surface area (Å²) in [6.07, 6.45) is 1.09. The zero-order valence-electron chi connectivity index (χ0n) is 11.4.